The topological polar surface area (TPSA) is 43.1 Å². The zero-order valence-corrected chi connectivity index (χ0v) is 8.91. The highest BCUT2D eigenvalue weighted by atomic mass is 15.0. The fourth-order valence-corrected chi connectivity index (χ4v) is 2.19. The lowest BCUT2D eigenvalue weighted by Crippen LogP contribution is -1.86. The maximum atomic E-state index is 4.57. The Balaban J connectivity index is 2.38. The molecule has 0 atom stereocenters. The average molecular weight is 220 g/mol. The van der Waals surface area contributed by atoms with Crippen molar-refractivity contribution in [1.82, 2.24) is 19.4 Å². The Morgan fingerprint density at radius 3 is 3.06 bits per heavy atom. The smallest absolute Gasteiger partial charge is 0.137 e. The molecule has 0 amide bonds. The Morgan fingerprint density at radius 1 is 1.06 bits per heavy atom. The fourth-order valence-electron chi connectivity index (χ4n) is 2.19. The highest BCUT2D eigenvalue weighted by Crippen LogP contribution is 2.23. The molecule has 80 valence electrons. The molecule has 0 radical (unpaired) electrons. The molecule has 0 saturated heterocycles. The number of aromatic nitrogens is 4. The lowest BCUT2D eigenvalue weighted by molar-refractivity contribution is 1.20. The van der Waals surface area contributed by atoms with Crippen LogP contribution >= 0.6 is 0 Å². The normalized spacial score (nSPS) is 11.5. The van der Waals surface area contributed by atoms with Crippen molar-refractivity contribution >= 4 is 27.6 Å². The molecule has 3 aromatic heterocycles. The van der Waals surface area contributed by atoms with E-state index in [1.165, 1.54) is 0 Å². The van der Waals surface area contributed by atoms with Crippen LogP contribution in [0.4, 0.5) is 0 Å². The molecule has 0 fully saturated rings. The van der Waals surface area contributed by atoms with Gasteiger partial charge < -0.3 is 0 Å². The van der Waals surface area contributed by atoms with Crippen molar-refractivity contribution in [2.24, 2.45) is 0 Å². The Hall–Kier alpha value is -2.49. The molecule has 4 rings (SSSR count). The first-order chi connectivity index (χ1) is 8.43. The number of fused-ring (bicyclic) bond motifs is 5. The van der Waals surface area contributed by atoms with Crippen LogP contribution in [0, 0.1) is 0 Å². The van der Waals surface area contributed by atoms with Crippen LogP contribution < -0.4 is 0 Å². The number of rotatable bonds is 0. The molecule has 0 aliphatic rings. The van der Waals surface area contributed by atoms with Gasteiger partial charge in [-0.15, -0.1) is 0 Å². The molecule has 0 aliphatic carbocycles. The predicted molar refractivity (Wildman–Crippen MR) is 65.8 cm³/mol. The summed E-state index contributed by atoms with van der Waals surface area (Å²) in [6, 6.07) is 9.98. The molecular weight excluding hydrogens is 212 g/mol. The standard InChI is InChI=1S/C13H8N4/c1-2-6-17-11(3-1)16-10-5-4-9-7-14-8-15-12(9)13(10)17/h1-8H. The van der Waals surface area contributed by atoms with Gasteiger partial charge in [0.2, 0.25) is 0 Å². The number of pyridine rings is 1. The van der Waals surface area contributed by atoms with E-state index >= 15 is 0 Å². The molecule has 0 aliphatic heterocycles. The van der Waals surface area contributed by atoms with Crippen LogP contribution in [0.25, 0.3) is 27.6 Å². The summed E-state index contributed by atoms with van der Waals surface area (Å²) in [6.07, 6.45) is 5.40. The van der Waals surface area contributed by atoms with E-state index in [9.17, 15) is 0 Å². The highest BCUT2D eigenvalue weighted by Gasteiger charge is 2.08. The SMILES string of the molecule is c1ccn2c(c1)nc1ccc3cncnc3c12. The predicted octanol–water partition coefficient (Wildman–Crippen LogP) is 2.43. The minimum Gasteiger partial charge on any atom is -0.298 e. The lowest BCUT2D eigenvalue weighted by Gasteiger charge is -1.98. The van der Waals surface area contributed by atoms with Crippen LogP contribution in [0.1, 0.15) is 0 Å². The second-order valence-corrected chi connectivity index (χ2v) is 3.93. The quantitative estimate of drug-likeness (QED) is 0.457. The minimum atomic E-state index is 0.939. The molecule has 4 nitrogen and oxygen atoms in total. The Morgan fingerprint density at radius 2 is 2.06 bits per heavy atom. The van der Waals surface area contributed by atoms with Gasteiger partial charge in [0.15, 0.2) is 0 Å². The summed E-state index contributed by atoms with van der Waals surface area (Å²) >= 11 is 0. The molecule has 0 bridgehead atoms. The summed E-state index contributed by atoms with van der Waals surface area (Å²) in [4.78, 5) is 13.0. The Labute approximate surface area is 96.6 Å². The van der Waals surface area contributed by atoms with Gasteiger partial charge in [-0.1, -0.05) is 6.07 Å². The third-order valence-electron chi connectivity index (χ3n) is 2.94. The van der Waals surface area contributed by atoms with Gasteiger partial charge >= 0.3 is 0 Å². The first-order valence-corrected chi connectivity index (χ1v) is 5.39. The van der Waals surface area contributed by atoms with Crippen LogP contribution in [0.3, 0.4) is 0 Å². The molecule has 0 N–H and O–H groups in total. The maximum Gasteiger partial charge on any atom is 0.137 e. The largest absolute Gasteiger partial charge is 0.298 e. The maximum absolute atomic E-state index is 4.57. The van der Waals surface area contributed by atoms with Gasteiger partial charge in [-0.3, -0.25) is 4.40 Å². The van der Waals surface area contributed by atoms with Crippen LogP contribution in [0.5, 0.6) is 0 Å². The molecule has 4 aromatic rings. The number of benzene rings is 1. The van der Waals surface area contributed by atoms with Crippen LogP contribution in [0.15, 0.2) is 49.1 Å². The Bertz CT molecular complexity index is 842. The molecule has 1 aromatic carbocycles. The van der Waals surface area contributed by atoms with Gasteiger partial charge in [-0.05, 0) is 24.3 Å². The van der Waals surface area contributed by atoms with Crippen molar-refractivity contribution in [2.75, 3.05) is 0 Å². The zero-order chi connectivity index (χ0) is 11.2. The van der Waals surface area contributed by atoms with Crippen molar-refractivity contribution in [3.8, 4) is 0 Å². The van der Waals surface area contributed by atoms with Crippen molar-refractivity contribution < 1.29 is 0 Å². The average Bonchev–Trinajstić information content (AvgIpc) is 2.77. The second-order valence-electron chi connectivity index (χ2n) is 3.93. The first kappa shape index (κ1) is 8.64. The third kappa shape index (κ3) is 1.09. The summed E-state index contributed by atoms with van der Waals surface area (Å²) in [5.41, 5.74) is 3.88. The molecule has 0 saturated carbocycles. The van der Waals surface area contributed by atoms with Crippen LogP contribution in [-0.4, -0.2) is 19.4 Å². The van der Waals surface area contributed by atoms with E-state index in [1.807, 2.05) is 42.7 Å². The number of hydrogen-bond acceptors (Lipinski definition) is 3. The summed E-state index contributed by atoms with van der Waals surface area (Å²) in [7, 11) is 0. The van der Waals surface area contributed by atoms with Crippen molar-refractivity contribution in [2.45, 2.75) is 0 Å². The number of hydrogen-bond donors (Lipinski definition) is 0. The van der Waals surface area contributed by atoms with Crippen LogP contribution in [-0.2, 0) is 0 Å². The van der Waals surface area contributed by atoms with Gasteiger partial charge in [-0.2, -0.15) is 0 Å². The van der Waals surface area contributed by atoms with Gasteiger partial charge in [-0.25, -0.2) is 15.0 Å². The van der Waals surface area contributed by atoms with Gasteiger partial charge in [0.05, 0.1) is 16.6 Å². The second kappa shape index (κ2) is 3.01. The summed E-state index contributed by atoms with van der Waals surface area (Å²) in [6.45, 7) is 0. The van der Waals surface area contributed by atoms with Crippen LogP contribution in [0.2, 0.25) is 0 Å². The van der Waals surface area contributed by atoms with E-state index in [1.54, 1.807) is 6.33 Å². The number of nitrogens with zero attached hydrogens (tertiary/aromatic N) is 4. The molecule has 0 spiro atoms. The van der Waals surface area contributed by atoms with Gasteiger partial charge in [0, 0.05) is 17.8 Å². The van der Waals surface area contributed by atoms with E-state index in [0.29, 0.717) is 0 Å². The molecule has 0 unspecified atom stereocenters. The molecule has 3 heterocycles. The molecular formula is C13H8N4. The van der Waals surface area contributed by atoms with E-state index in [0.717, 1.165) is 27.6 Å². The molecule has 4 heteroatoms. The van der Waals surface area contributed by atoms with E-state index in [4.69, 9.17) is 0 Å². The minimum absolute atomic E-state index is 0.939. The zero-order valence-electron chi connectivity index (χ0n) is 8.91. The van der Waals surface area contributed by atoms with Crippen molar-refractivity contribution in [3.05, 3.63) is 49.1 Å². The van der Waals surface area contributed by atoms with Gasteiger partial charge in [0.25, 0.3) is 0 Å². The first-order valence-electron chi connectivity index (χ1n) is 5.39. The van der Waals surface area contributed by atoms with Gasteiger partial charge in [0.1, 0.15) is 12.0 Å². The summed E-state index contributed by atoms with van der Waals surface area (Å²) in [5.74, 6) is 0. The number of imidazole rings is 1. The fraction of sp³-hybridized carbons (Fsp3) is 0. The van der Waals surface area contributed by atoms with Crippen molar-refractivity contribution in [3.63, 3.8) is 0 Å². The van der Waals surface area contributed by atoms with E-state index in [-0.39, 0.29) is 0 Å². The third-order valence-corrected chi connectivity index (χ3v) is 2.94. The van der Waals surface area contributed by atoms with E-state index in [2.05, 4.69) is 19.4 Å². The molecule has 17 heavy (non-hydrogen) atoms. The van der Waals surface area contributed by atoms with Crippen molar-refractivity contribution in [1.29, 1.82) is 0 Å². The van der Waals surface area contributed by atoms with E-state index < -0.39 is 0 Å². The summed E-state index contributed by atoms with van der Waals surface area (Å²) in [5, 5.41) is 1.03. The Kier molecular flexibility index (Phi) is 1.53. The highest BCUT2D eigenvalue weighted by molar-refractivity contribution is 6.02. The lowest BCUT2D eigenvalue weighted by atomic mass is 10.2. The monoisotopic (exact) mass is 220 g/mol. The summed E-state index contributed by atoms with van der Waals surface area (Å²) < 4.78 is 2.06.